The molecular weight excluding hydrogens is 186 g/mol. The van der Waals surface area contributed by atoms with Gasteiger partial charge in [-0.25, -0.2) is 9.59 Å². The number of nitrogens with zero attached hydrogens (tertiary/aromatic N) is 1. The summed E-state index contributed by atoms with van der Waals surface area (Å²) in [6.07, 6.45) is -0.624. The first-order valence-electron chi connectivity index (χ1n) is 4.35. The molecule has 0 saturated carbocycles. The number of rotatable bonds is 1. The molecule has 0 atom stereocenters. The van der Waals surface area contributed by atoms with E-state index in [1.807, 2.05) is 0 Å². The molecule has 0 aliphatic carbocycles. The number of carbonyl (C=O) groups excluding carboxylic acids is 2. The molecule has 0 radical (unpaired) electrons. The summed E-state index contributed by atoms with van der Waals surface area (Å²) in [4.78, 5) is 23.7. The Morgan fingerprint density at radius 3 is 2.43 bits per heavy atom. The molecule has 78 valence electrons. The van der Waals surface area contributed by atoms with Crippen molar-refractivity contribution >= 4 is 12.1 Å². The van der Waals surface area contributed by atoms with Gasteiger partial charge < -0.3 is 14.4 Å². The van der Waals surface area contributed by atoms with Crippen molar-refractivity contribution in [1.29, 1.82) is 0 Å². The number of carbonyl (C=O) groups is 2. The minimum Gasteiger partial charge on any atom is -0.378 e. The van der Waals surface area contributed by atoms with Crippen LogP contribution in [0.1, 0.15) is 6.92 Å². The van der Waals surface area contributed by atoms with Gasteiger partial charge in [0.25, 0.3) is 0 Å². The molecule has 0 aromatic heterocycles. The van der Waals surface area contributed by atoms with Crippen molar-refractivity contribution in [2.24, 2.45) is 0 Å². The highest BCUT2D eigenvalue weighted by Crippen LogP contribution is 2.02. The number of amides is 1. The monoisotopic (exact) mass is 199 g/mol. The highest BCUT2D eigenvalue weighted by molar-refractivity contribution is 5.94. The van der Waals surface area contributed by atoms with Gasteiger partial charge in [-0.3, -0.25) is 0 Å². The van der Waals surface area contributed by atoms with Gasteiger partial charge in [-0.1, -0.05) is 6.58 Å². The zero-order chi connectivity index (χ0) is 10.6. The Bertz CT molecular complexity index is 256. The molecule has 0 unspecified atom stereocenters. The van der Waals surface area contributed by atoms with Gasteiger partial charge in [0.15, 0.2) is 0 Å². The Hall–Kier alpha value is -1.36. The van der Waals surface area contributed by atoms with Crippen molar-refractivity contribution in [2.75, 3.05) is 26.3 Å². The zero-order valence-electron chi connectivity index (χ0n) is 8.12. The second-order valence-corrected chi connectivity index (χ2v) is 3.04. The summed E-state index contributed by atoms with van der Waals surface area (Å²) in [7, 11) is 0. The third kappa shape index (κ3) is 2.85. The zero-order valence-corrected chi connectivity index (χ0v) is 8.12. The summed E-state index contributed by atoms with van der Waals surface area (Å²) >= 11 is 0. The summed E-state index contributed by atoms with van der Waals surface area (Å²) in [5.41, 5.74) is 0.214. The van der Waals surface area contributed by atoms with E-state index in [-0.39, 0.29) is 5.57 Å². The van der Waals surface area contributed by atoms with Crippen LogP contribution in [0.5, 0.6) is 0 Å². The van der Waals surface area contributed by atoms with Crippen LogP contribution < -0.4 is 0 Å². The molecular formula is C9H13NO4. The van der Waals surface area contributed by atoms with Gasteiger partial charge in [0.1, 0.15) is 0 Å². The molecule has 5 nitrogen and oxygen atoms in total. The fraction of sp³-hybridized carbons (Fsp3) is 0.556. The Morgan fingerprint density at radius 2 is 1.93 bits per heavy atom. The summed E-state index contributed by atoms with van der Waals surface area (Å²) in [5, 5.41) is 0. The van der Waals surface area contributed by atoms with Gasteiger partial charge in [0.2, 0.25) is 0 Å². The first kappa shape index (κ1) is 10.7. The molecule has 0 aromatic rings. The van der Waals surface area contributed by atoms with Crippen molar-refractivity contribution in [2.45, 2.75) is 6.92 Å². The fourth-order valence-corrected chi connectivity index (χ4v) is 0.977. The summed E-state index contributed by atoms with van der Waals surface area (Å²) in [6.45, 7) is 6.76. The smallest absolute Gasteiger partial charge is 0.378 e. The fourth-order valence-electron chi connectivity index (χ4n) is 0.977. The highest BCUT2D eigenvalue weighted by Gasteiger charge is 2.20. The lowest BCUT2D eigenvalue weighted by Gasteiger charge is -2.25. The molecule has 14 heavy (non-hydrogen) atoms. The van der Waals surface area contributed by atoms with Crippen LogP contribution >= 0.6 is 0 Å². The van der Waals surface area contributed by atoms with Crippen LogP contribution in [-0.2, 0) is 14.3 Å². The van der Waals surface area contributed by atoms with Crippen molar-refractivity contribution in [3.05, 3.63) is 12.2 Å². The van der Waals surface area contributed by atoms with Gasteiger partial charge in [-0.15, -0.1) is 0 Å². The number of esters is 1. The molecule has 0 bridgehead atoms. The Labute approximate surface area is 82.3 Å². The maximum Gasteiger partial charge on any atom is 0.417 e. The second-order valence-electron chi connectivity index (χ2n) is 3.04. The van der Waals surface area contributed by atoms with E-state index in [2.05, 4.69) is 11.3 Å². The predicted molar refractivity (Wildman–Crippen MR) is 48.7 cm³/mol. The molecule has 0 aromatic carbocycles. The summed E-state index contributed by atoms with van der Waals surface area (Å²) < 4.78 is 9.59. The number of morpholine rings is 1. The standard InChI is InChI=1S/C9H13NO4/c1-7(2)8(11)14-9(12)10-3-5-13-6-4-10/h1,3-6H2,2H3. The van der Waals surface area contributed by atoms with Crippen LogP contribution in [0.25, 0.3) is 0 Å². The minimum absolute atomic E-state index is 0.214. The lowest BCUT2D eigenvalue weighted by atomic mass is 10.4. The van der Waals surface area contributed by atoms with Crippen molar-refractivity contribution in [1.82, 2.24) is 4.90 Å². The lowest BCUT2D eigenvalue weighted by molar-refractivity contribution is -0.134. The van der Waals surface area contributed by atoms with E-state index in [0.717, 1.165) is 0 Å². The third-order valence-electron chi connectivity index (χ3n) is 1.80. The number of ether oxygens (including phenoxy) is 2. The Morgan fingerprint density at radius 1 is 1.36 bits per heavy atom. The average molecular weight is 199 g/mol. The van der Waals surface area contributed by atoms with Crippen molar-refractivity contribution < 1.29 is 19.1 Å². The van der Waals surface area contributed by atoms with Gasteiger partial charge >= 0.3 is 12.1 Å². The SMILES string of the molecule is C=C(C)C(=O)OC(=O)N1CCOCC1. The third-order valence-corrected chi connectivity index (χ3v) is 1.80. The topological polar surface area (TPSA) is 55.8 Å². The van der Waals surface area contributed by atoms with Gasteiger partial charge in [-0.2, -0.15) is 0 Å². The molecule has 1 heterocycles. The maximum absolute atomic E-state index is 11.3. The van der Waals surface area contributed by atoms with Crippen LogP contribution in [0, 0.1) is 0 Å². The Kier molecular flexibility index (Phi) is 3.64. The molecule has 5 heteroatoms. The largest absolute Gasteiger partial charge is 0.417 e. The molecule has 1 aliphatic heterocycles. The number of hydrogen-bond acceptors (Lipinski definition) is 4. The van der Waals surface area contributed by atoms with Crippen LogP contribution in [0.4, 0.5) is 4.79 Å². The lowest BCUT2D eigenvalue weighted by Crippen LogP contribution is -2.41. The minimum atomic E-state index is -0.679. The van der Waals surface area contributed by atoms with Gasteiger partial charge in [-0.05, 0) is 6.92 Å². The molecule has 1 amide bonds. The molecule has 0 spiro atoms. The molecule has 1 aliphatic rings. The van der Waals surface area contributed by atoms with Crippen molar-refractivity contribution in [3.8, 4) is 0 Å². The maximum atomic E-state index is 11.3. The Balaban J connectivity index is 2.40. The first-order chi connectivity index (χ1) is 6.61. The van der Waals surface area contributed by atoms with E-state index in [1.54, 1.807) is 0 Å². The summed E-state index contributed by atoms with van der Waals surface area (Å²) in [5.74, 6) is -0.679. The normalized spacial score (nSPS) is 16.2. The number of hydrogen-bond donors (Lipinski definition) is 0. The van der Waals surface area contributed by atoms with Crippen LogP contribution in [0.3, 0.4) is 0 Å². The first-order valence-corrected chi connectivity index (χ1v) is 4.35. The van der Waals surface area contributed by atoms with Crippen LogP contribution in [-0.4, -0.2) is 43.3 Å². The van der Waals surface area contributed by atoms with Gasteiger partial charge in [0.05, 0.1) is 13.2 Å². The van der Waals surface area contributed by atoms with E-state index in [0.29, 0.717) is 26.3 Å². The molecule has 1 fully saturated rings. The molecule has 1 rings (SSSR count). The van der Waals surface area contributed by atoms with Crippen LogP contribution in [0.2, 0.25) is 0 Å². The van der Waals surface area contributed by atoms with Crippen LogP contribution in [0.15, 0.2) is 12.2 Å². The quantitative estimate of drug-likeness (QED) is 0.352. The summed E-state index contributed by atoms with van der Waals surface area (Å²) in [6, 6.07) is 0. The van der Waals surface area contributed by atoms with E-state index in [4.69, 9.17) is 4.74 Å². The average Bonchev–Trinajstić information content (AvgIpc) is 2.19. The van der Waals surface area contributed by atoms with E-state index >= 15 is 0 Å². The molecule has 1 saturated heterocycles. The predicted octanol–water partition coefficient (Wildman–Crippen LogP) is 0.558. The highest BCUT2D eigenvalue weighted by atomic mass is 16.6. The van der Waals surface area contributed by atoms with E-state index in [1.165, 1.54) is 11.8 Å². The van der Waals surface area contributed by atoms with Gasteiger partial charge in [0, 0.05) is 18.7 Å². The van der Waals surface area contributed by atoms with E-state index < -0.39 is 12.1 Å². The van der Waals surface area contributed by atoms with Crippen molar-refractivity contribution in [3.63, 3.8) is 0 Å². The van der Waals surface area contributed by atoms with E-state index in [9.17, 15) is 9.59 Å². The second kappa shape index (κ2) is 4.76. The molecule has 0 N–H and O–H groups in total.